The van der Waals surface area contributed by atoms with Gasteiger partial charge in [-0.25, -0.2) is 4.79 Å². The molecule has 23 heavy (non-hydrogen) atoms. The second-order valence-corrected chi connectivity index (χ2v) is 6.17. The van der Waals surface area contributed by atoms with Crippen LogP contribution in [0.3, 0.4) is 0 Å². The molecule has 4 heteroatoms. The van der Waals surface area contributed by atoms with Crippen LogP contribution >= 0.6 is 0 Å². The van der Waals surface area contributed by atoms with Gasteiger partial charge in [0.15, 0.2) is 0 Å². The molecule has 0 aromatic rings. The highest BCUT2D eigenvalue weighted by molar-refractivity contribution is 5.94. The lowest BCUT2D eigenvalue weighted by Gasteiger charge is -2.14. The number of aliphatic carboxylic acids is 1. The summed E-state index contributed by atoms with van der Waals surface area (Å²) < 4.78 is 5.14. The molecule has 134 valence electrons. The highest BCUT2D eigenvalue weighted by atomic mass is 16.5. The van der Waals surface area contributed by atoms with E-state index in [1.807, 2.05) is 0 Å². The lowest BCUT2D eigenvalue weighted by molar-refractivity contribution is -0.146. The van der Waals surface area contributed by atoms with Gasteiger partial charge in [0.05, 0.1) is 12.5 Å². The average Bonchev–Trinajstić information content (AvgIpc) is 2.52. The molecular weight excluding hydrogens is 292 g/mol. The maximum atomic E-state index is 11.9. The molecule has 0 aliphatic heterocycles. The fourth-order valence-electron chi connectivity index (χ4n) is 2.50. The van der Waals surface area contributed by atoms with Gasteiger partial charge in [-0.2, -0.15) is 0 Å². The van der Waals surface area contributed by atoms with Gasteiger partial charge in [-0.1, -0.05) is 78.2 Å². The molecule has 0 aromatic carbocycles. The van der Waals surface area contributed by atoms with E-state index in [1.54, 1.807) is 0 Å². The van der Waals surface area contributed by atoms with Gasteiger partial charge >= 0.3 is 11.9 Å². The van der Waals surface area contributed by atoms with E-state index in [0.717, 1.165) is 44.9 Å². The van der Waals surface area contributed by atoms with Gasteiger partial charge in [0.1, 0.15) is 0 Å². The van der Waals surface area contributed by atoms with Gasteiger partial charge in [-0.15, -0.1) is 0 Å². The van der Waals surface area contributed by atoms with Crippen LogP contribution in [0.15, 0.2) is 12.2 Å². The first-order valence-corrected chi connectivity index (χ1v) is 9.13. The van der Waals surface area contributed by atoms with Crippen molar-refractivity contribution in [3.05, 3.63) is 12.2 Å². The molecule has 0 spiro atoms. The van der Waals surface area contributed by atoms with E-state index in [1.165, 1.54) is 19.3 Å². The van der Waals surface area contributed by atoms with E-state index in [-0.39, 0.29) is 5.57 Å². The van der Waals surface area contributed by atoms with E-state index < -0.39 is 17.9 Å². The molecule has 0 rings (SSSR count). The third kappa shape index (κ3) is 10.9. The fraction of sp³-hybridized carbons (Fsp3) is 0.789. The molecule has 0 amide bonds. The summed E-state index contributed by atoms with van der Waals surface area (Å²) in [5.41, 5.74) is 0.0848. The summed E-state index contributed by atoms with van der Waals surface area (Å²) in [6, 6.07) is 0. The molecule has 0 aliphatic carbocycles. The van der Waals surface area contributed by atoms with E-state index in [2.05, 4.69) is 20.4 Å². The number of carbonyl (C=O) groups excluding carboxylic acids is 1. The molecule has 0 aromatic heterocycles. The molecular formula is C19H34O4. The lowest BCUT2D eigenvalue weighted by Crippen LogP contribution is -2.22. The van der Waals surface area contributed by atoms with Crippen LogP contribution in [0.1, 0.15) is 84.5 Å². The largest absolute Gasteiger partial charge is 0.481 e. The first-order chi connectivity index (χ1) is 11.0. The van der Waals surface area contributed by atoms with Crippen LogP contribution in [-0.2, 0) is 14.3 Å². The topological polar surface area (TPSA) is 63.6 Å². The Morgan fingerprint density at radius 1 is 0.913 bits per heavy atom. The Labute approximate surface area is 141 Å². The van der Waals surface area contributed by atoms with Crippen molar-refractivity contribution in [2.24, 2.45) is 5.92 Å². The smallest absolute Gasteiger partial charge is 0.334 e. The van der Waals surface area contributed by atoms with Crippen LogP contribution in [0.2, 0.25) is 0 Å². The molecule has 4 nitrogen and oxygen atoms in total. The summed E-state index contributed by atoms with van der Waals surface area (Å²) in [5, 5.41) is 9.31. The van der Waals surface area contributed by atoms with Crippen LogP contribution in [-0.4, -0.2) is 23.7 Å². The molecule has 1 unspecified atom stereocenters. The number of hydrogen-bond donors (Lipinski definition) is 1. The Kier molecular flexibility index (Phi) is 13.5. The molecule has 1 atom stereocenters. The molecule has 1 N–H and O–H groups in total. The lowest BCUT2D eigenvalue weighted by atomic mass is 9.93. The predicted molar refractivity (Wildman–Crippen MR) is 93.4 cm³/mol. The summed E-state index contributed by atoms with van der Waals surface area (Å²) in [4.78, 5) is 23.3. The maximum Gasteiger partial charge on any atom is 0.334 e. The highest BCUT2D eigenvalue weighted by Gasteiger charge is 2.26. The van der Waals surface area contributed by atoms with Crippen LogP contribution in [0.5, 0.6) is 0 Å². The number of hydrogen-bond acceptors (Lipinski definition) is 3. The number of carboxylic acids is 1. The van der Waals surface area contributed by atoms with Gasteiger partial charge in [0.2, 0.25) is 0 Å². The fourth-order valence-corrected chi connectivity index (χ4v) is 2.50. The minimum absolute atomic E-state index is 0.0848. The van der Waals surface area contributed by atoms with Gasteiger partial charge < -0.3 is 9.84 Å². The second kappa shape index (κ2) is 14.3. The van der Waals surface area contributed by atoms with Gasteiger partial charge in [0.25, 0.3) is 0 Å². The number of rotatable bonds is 15. The van der Waals surface area contributed by atoms with E-state index in [4.69, 9.17) is 4.74 Å². The Morgan fingerprint density at radius 2 is 1.43 bits per heavy atom. The van der Waals surface area contributed by atoms with Crippen molar-refractivity contribution < 1.29 is 19.4 Å². The highest BCUT2D eigenvalue weighted by Crippen LogP contribution is 2.20. The predicted octanol–water partition coefficient (Wildman–Crippen LogP) is 5.12. The SMILES string of the molecule is C=C(C(=O)OCCCCCC)C(CCCCCCCC)C(=O)O. The second-order valence-electron chi connectivity index (χ2n) is 6.17. The van der Waals surface area contributed by atoms with Crippen LogP contribution in [0.25, 0.3) is 0 Å². The molecule has 0 saturated carbocycles. The first-order valence-electron chi connectivity index (χ1n) is 9.13. The number of carbonyl (C=O) groups is 2. The van der Waals surface area contributed by atoms with Crippen molar-refractivity contribution in [3.8, 4) is 0 Å². The van der Waals surface area contributed by atoms with Crippen LogP contribution in [0, 0.1) is 5.92 Å². The summed E-state index contributed by atoms with van der Waals surface area (Å²) >= 11 is 0. The molecule has 0 bridgehead atoms. The molecule has 0 aliphatic rings. The Bertz CT molecular complexity index is 349. The quantitative estimate of drug-likeness (QED) is 0.258. The minimum Gasteiger partial charge on any atom is -0.481 e. The Morgan fingerprint density at radius 3 is 2.00 bits per heavy atom. The summed E-state index contributed by atoms with van der Waals surface area (Å²) in [6.07, 6.45) is 11.1. The molecule has 0 heterocycles. The number of ether oxygens (including phenoxy) is 1. The molecule has 0 fully saturated rings. The van der Waals surface area contributed by atoms with Crippen LogP contribution in [0.4, 0.5) is 0 Å². The standard InChI is InChI=1S/C19H34O4/c1-4-6-8-10-11-12-14-17(18(20)21)16(3)19(22)23-15-13-9-7-5-2/h17H,3-15H2,1-2H3,(H,20,21). The van der Waals surface area contributed by atoms with Gasteiger partial charge in [-0.05, 0) is 12.8 Å². The summed E-state index contributed by atoms with van der Waals surface area (Å²) in [5.74, 6) is -2.35. The maximum absolute atomic E-state index is 11.9. The normalized spacial score (nSPS) is 11.9. The Balaban J connectivity index is 4.08. The number of carboxylic acid groups (broad SMARTS) is 1. The summed E-state index contributed by atoms with van der Waals surface area (Å²) in [6.45, 7) is 8.30. The van der Waals surface area contributed by atoms with Crippen molar-refractivity contribution in [1.29, 1.82) is 0 Å². The minimum atomic E-state index is -0.980. The summed E-state index contributed by atoms with van der Waals surface area (Å²) in [7, 11) is 0. The van der Waals surface area contributed by atoms with Crippen LogP contribution < -0.4 is 0 Å². The third-order valence-corrected chi connectivity index (χ3v) is 4.06. The van der Waals surface area contributed by atoms with Crippen molar-refractivity contribution >= 4 is 11.9 Å². The van der Waals surface area contributed by atoms with Crippen molar-refractivity contribution in [2.45, 2.75) is 84.5 Å². The third-order valence-electron chi connectivity index (χ3n) is 4.06. The zero-order chi connectivity index (χ0) is 17.5. The monoisotopic (exact) mass is 326 g/mol. The van der Waals surface area contributed by atoms with Crippen molar-refractivity contribution in [1.82, 2.24) is 0 Å². The van der Waals surface area contributed by atoms with E-state index in [9.17, 15) is 14.7 Å². The Hall–Kier alpha value is -1.32. The zero-order valence-electron chi connectivity index (χ0n) is 14.9. The van der Waals surface area contributed by atoms with E-state index in [0.29, 0.717) is 13.0 Å². The van der Waals surface area contributed by atoms with Gasteiger partial charge in [0, 0.05) is 5.57 Å². The van der Waals surface area contributed by atoms with E-state index >= 15 is 0 Å². The molecule has 0 saturated heterocycles. The first kappa shape index (κ1) is 21.7. The van der Waals surface area contributed by atoms with Gasteiger partial charge in [-0.3, -0.25) is 4.79 Å². The average molecular weight is 326 g/mol. The number of esters is 1. The van der Waals surface area contributed by atoms with Crippen molar-refractivity contribution in [3.63, 3.8) is 0 Å². The van der Waals surface area contributed by atoms with Crippen molar-refractivity contribution in [2.75, 3.05) is 6.61 Å². The zero-order valence-corrected chi connectivity index (χ0v) is 14.9. The molecule has 0 radical (unpaired) electrons. The number of unbranched alkanes of at least 4 members (excludes halogenated alkanes) is 8.